The maximum Gasteiger partial charge on any atom is 0.490 e. The summed E-state index contributed by atoms with van der Waals surface area (Å²) in [5.74, 6) is 0.125. The van der Waals surface area contributed by atoms with Gasteiger partial charge in [0.15, 0.2) is 11.5 Å². The van der Waals surface area contributed by atoms with Gasteiger partial charge >= 0.3 is 12.1 Å². The van der Waals surface area contributed by atoms with Crippen molar-refractivity contribution in [2.75, 3.05) is 65.3 Å². The molecule has 2 aromatic carbocycles. The lowest BCUT2D eigenvalue weighted by Crippen LogP contribution is -2.46. The third-order valence-corrected chi connectivity index (χ3v) is 5.91. The Morgan fingerprint density at radius 3 is 2.38 bits per heavy atom. The Bertz CT molecular complexity index is 1280. The molecule has 0 atom stereocenters. The summed E-state index contributed by atoms with van der Waals surface area (Å²) < 4.78 is 42.5. The molecule has 0 radical (unpaired) electrons. The Morgan fingerprint density at radius 1 is 1.10 bits per heavy atom. The molecule has 42 heavy (non-hydrogen) atoms. The van der Waals surface area contributed by atoms with Crippen LogP contribution in [-0.2, 0) is 9.59 Å². The highest BCUT2D eigenvalue weighted by molar-refractivity contribution is 6.07. The summed E-state index contributed by atoms with van der Waals surface area (Å²) in [4.78, 5) is 38.8. The van der Waals surface area contributed by atoms with Crippen LogP contribution >= 0.6 is 0 Å². The number of amides is 2. The third-order valence-electron chi connectivity index (χ3n) is 5.91. The number of halogens is 3. The molecule has 3 N–H and O–H groups in total. The zero-order valence-corrected chi connectivity index (χ0v) is 23.2. The van der Waals surface area contributed by atoms with E-state index in [0.29, 0.717) is 29.3 Å². The van der Waals surface area contributed by atoms with Crippen LogP contribution in [0.5, 0.6) is 11.5 Å². The number of carbonyl (C=O) groups is 3. The number of nitrogens with one attached hydrogen (secondary N) is 2. The number of hydrogen-bond donors (Lipinski definition) is 3. The number of aliphatic carboxylic acids is 1. The predicted octanol–water partition coefficient (Wildman–Crippen LogP) is 2.97. The summed E-state index contributed by atoms with van der Waals surface area (Å²) in [6.45, 7) is 5.55. The highest BCUT2D eigenvalue weighted by Gasteiger charge is 2.38. The molecule has 1 aliphatic rings. The first kappa shape index (κ1) is 33.7. The fourth-order valence-corrected chi connectivity index (χ4v) is 3.66. The fraction of sp³-hybridized carbons (Fsp3) is 0.345. The number of rotatable bonds is 10. The van der Waals surface area contributed by atoms with Crippen LogP contribution in [0.1, 0.15) is 15.9 Å². The Hall–Kier alpha value is -4.54. The smallest absolute Gasteiger partial charge is 0.490 e. The number of terminal acetylenes is 1. The molecule has 13 heteroatoms. The molecule has 0 aliphatic carbocycles. The van der Waals surface area contributed by atoms with Gasteiger partial charge in [0.2, 0.25) is 5.91 Å². The predicted molar refractivity (Wildman–Crippen MR) is 151 cm³/mol. The number of anilines is 1. The Morgan fingerprint density at radius 2 is 1.76 bits per heavy atom. The molecule has 2 aromatic rings. The summed E-state index contributed by atoms with van der Waals surface area (Å²) in [7, 11) is 3.65. The molecule has 0 bridgehead atoms. The van der Waals surface area contributed by atoms with E-state index in [1.165, 1.54) is 13.2 Å². The van der Waals surface area contributed by atoms with Gasteiger partial charge in [-0.05, 0) is 43.0 Å². The van der Waals surface area contributed by atoms with Crippen molar-refractivity contribution in [2.24, 2.45) is 0 Å². The molecule has 10 nitrogen and oxygen atoms in total. The standard InChI is InChI=1S/C27H32N4O4.C2HF3O2/c1-4-19-35-24-11-9-21(20-25(24)34-3)10-12-26(32)29-23-8-6-5-7-22(23)27(33)28-13-14-31-17-15-30(2)16-18-31;3-2(4,5)1(6)7/h1,5-12,20H,13-19H2,2-3H3,(H,28,33)(H,29,32);(H,6,7)/b12-10+;. The van der Waals surface area contributed by atoms with Crippen molar-refractivity contribution in [1.29, 1.82) is 0 Å². The molecule has 3 rings (SSSR count). The van der Waals surface area contributed by atoms with Crippen LogP contribution in [-0.4, -0.2) is 98.9 Å². The molecule has 1 saturated heterocycles. The lowest BCUT2D eigenvalue weighted by Gasteiger charge is -2.32. The van der Waals surface area contributed by atoms with E-state index in [1.807, 2.05) is 0 Å². The van der Waals surface area contributed by atoms with E-state index in [1.54, 1.807) is 48.5 Å². The molecule has 0 unspecified atom stereocenters. The van der Waals surface area contributed by atoms with Gasteiger partial charge in [-0.15, -0.1) is 6.42 Å². The number of hydrogen-bond acceptors (Lipinski definition) is 7. The van der Waals surface area contributed by atoms with Crippen LogP contribution in [0.3, 0.4) is 0 Å². The fourth-order valence-electron chi connectivity index (χ4n) is 3.66. The normalized spacial score (nSPS) is 13.8. The van der Waals surface area contributed by atoms with E-state index in [2.05, 4.69) is 33.4 Å². The maximum absolute atomic E-state index is 12.8. The molecule has 226 valence electrons. The zero-order chi connectivity index (χ0) is 31.1. The Labute approximate surface area is 242 Å². The van der Waals surface area contributed by atoms with E-state index >= 15 is 0 Å². The van der Waals surface area contributed by atoms with Crippen molar-refractivity contribution in [3.05, 3.63) is 59.7 Å². The van der Waals surface area contributed by atoms with Crippen molar-refractivity contribution >= 4 is 29.5 Å². The molecule has 0 saturated carbocycles. The second-order valence-electron chi connectivity index (χ2n) is 8.97. The van der Waals surface area contributed by atoms with Gasteiger partial charge in [0.05, 0.1) is 18.4 Å². The average Bonchev–Trinajstić information content (AvgIpc) is 2.96. The molecule has 0 aromatic heterocycles. The minimum atomic E-state index is -5.08. The SMILES string of the molecule is C#CCOc1ccc(/C=C/C(=O)Nc2ccccc2C(=O)NCCN2CCN(C)CC2)cc1OC.O=C(O)C(F)(F)F. The van der Waals surface area contributed by atoms with Crippen molar-refractivity contribution in [1.82, 2.24) is 15.1 Å². The number of ether oxygens (including phenoxy) is 2. The lowest BCUT2D eigenvalue weighted by atomic mass is 10.1. The number of benzene rings is 2. The monoisotopic (exact) mass is 590 g/mol. The summed E-state index contributed by atoms with van der Waals surface area (Å²) in [6, 6.07) is 12.2. The van der Waals surface area contributed by atoms with Gasteiger partial charge in [-0.25, -0.2) is 4.79 Å². The third kappa shape index (κ3) is 11.5. The largest absolute Gasteiger partial charge is 0.493 e. The van der Waals surface area contributed by atoms with Crippen molar-refractivity contribution in [3.63, 3.8) is 0 Å². The molecule has 1 aliphatic heterocycles. The number of piperazine rings is 1. The van der Waals surface area contributed by atoms with Gasteiger partial charge in [0.25, 0.3) is 5.91 Å². The highest BCUT2D eigenvalue weighted by atomic mass is 19.4. The number of carboxylic acid groups (broad SMARTS) is 1. The van der Waals surface area contributed by atoms with Crippen molar-refractivity contribution in [3.8, 4) is 23.8 Å². The van der Waals surface area contributed by atoms with Crippen molar-refractivity contribution in [2.45, 2.75) is 6.18 Å². The summed E-state index contributed by atoms with van der Waals surface area (Å²) in [5, 5.41) is 12.9. The molecule has 0 spiro atoms. The number of para-hydroxylation sites is 1. The summed E-state index contributed by atoms with van der Waals surface area (Å²) in [6.07, 6.45) is 3.20. The molecule has 1 heterocycles. The summed E-state index contributed by atoms with van der Waals surface area (Å²) in [5.41, 5.74) is 1.62. The number of alkyl halides is 3. The van der Waals surface area contributed by atoms with Crippen LogP contribution in [0.2, 0.25) is 0 Å². The quantitative estimate of drug-likeness (QED) is 0.286. The van der Waals surface area contributed by atoms with Crippen LogP contribution in [0.4, 0.5) is 18.9 Å². The summed E-state index contributed by atoms with van der Waals surface area (Å²) >= 11 is 0. The molecule has 1 fully saturated rings. The van der Waals surface area contributed by atoms with Gasteiger partial charge in [-0.2, -0.15) is 13.2 Å². The number of likely N-dealkylation sites (N-methyl/N-ethyl adjacent to an activating group) is 1. The van der Waals surface area contributed by atoms with E-state index in [0.717, 1.165) is 38.3 Å². The van der Waals surface area contributed by atoms with E-state index in [9.17, 15) is 22.8 Å². The van der Waals surface area contributed by atoms with Gasteiger partial charge in [-0.1, -0.05) is 24.1 Å². The number of carbonyl (C=O) groups excluding carboxylic acids is 2. The Balaban J connectivity index is 0.000000782. The second kappa shape index (κ2) is 16.7. The van der Waals surface area contributed by atoms with Crippen molar-refractivity contribution < 1.29 is 42.1 Å². The number of carboxylic acids is 1. The second-order valence-corrected chi connectivity index (χ2v) is 8.97. The van der Waals surface area contributed by atoms with Gasteiger partial charge in [-0.3, -0.25) is 14.5 Å². The lowest BCUT2D eigenvalue weighted by molar-refractivity contribution is -0.192. The molecular weight excluding hydrogens is 557 g/mol. The zero-order valence-electron chi connectivity index (χ0n) is 23.2. The van der Waals surface area contributed by atoms with Crippen LogP contribution < -0.4 is 20.1 Å². The van der Waals surface area contributed by atoms with E-state index in [4.69, 9.17) is 25.8 Å². The topological polar surface area (TPSA) is 120 Å². The van der Waals surface area contributed by atoms with E-state index < -0.39 is 12.1 Å². The first-order chi connectivity index (χ1) is 19.9. The van der Waals surface area contributed by atoms with Gasteiger partial charge < -0.3 is 30.1 Å². The maximum atomic E-state index is 12.8. The molecule has 2 amide bonds. The average molecular weight is 591 g/mol. The first-order valence-corrected chi connectivity index (χ1v) is 12.8. The minimum absolute atomic E-state index is 0.136. The number of methoxy groups -OCH3 is 1. The highest BCUT2D eigenvalue weighted by Crippen LogP contribution is 2.28. The minimum Gasteiger partial charge on any atom is -0.493 e. The van der Waals surface area contributed by atoms with Gasteiger partial charge in [0, 0.05) is 45.3 Å². The number of nitrogens with zero attached hydrogens (tertiary/aromatic N) is 2. The van der Waals surface area contributed by atoms with Gasteiger partial charge in [0.1, 0.15) is 6.61 Å². The van der Waals surface area contributed by atoms with Crippen LogP contribution in [0, 0.1) is 12.3 Å². The van der Waals surface area contributed by atoms with Crippen LogP contribution in [0.15, 0.2) is 48.5 Å². The van der Waals surface area contributed by atoms with E-state index in [-0.39, 0.29) is 18.4 Å². The Kier molecular flexibility index (Phi) is 13.4. The van der Waals surface area contributed by atoms with Crippen LogP contribution in [0.25, 0.3) is 6.08 Å². The molecular formula is C29H33F3N4O6. The first-order valence-electron chi connectivity index (χ1n) is 12.8.